The zero-order chi connectivity index (χ0) is 19.2. The fourth-order valence-corrected chi connectivity index (χ4v) is 6.36. The van der Waals surface area contributed by atoms with E-state index in [0.717, 1.165) is 24.4 Å². The van der Waals surface area contributed by atoms with Gasteiger partial charge in [0.05, 0.1) is 17.7 Å². The second-order valence-electron chi connectivity index (χ2n) is 6.92. The number of aryl methyl sites for hydroxylation is 2. The van der Waals surface area contributed by atoms with E-state index in [4.69, 9.17) is 9.72 Å². The first-order chi connectivity index (χ1) is 12.9. The normalized spacial score (nSPS) is 16.9. The van der Waals surface area contributed by atoms with Crippen LogP contribution in [-0.2, 0) is 10.0 Å². The van der Waals surface area contributed by atoms with Crippen LogP contribution in [0.2, 0.25) is 0 Å². The minimum atomic E-state index is -3.47. The molecule has 0 atom stereocenters. The molecule has 0 amide bonds. The molecule has 8 heteroatoms. The van der Waals surface area contributed by atoms with Crippen molar-refractivity contribution in [3.63, 3.8) is 0 Å². The number of hydrogen-bond acceptors (Lipinski definition) is 5. The lowest BCUT2D eigenvalue weighted by atomic mass is 9.95. The third kappa shape index (κ3) is 3.15. The number of fused-ring (bicyclic) bond motifs is 1. The van der Waals surface area contributed by atoms with Gasteiger partial charge in [-0.2, -0.15) is 4.31 Å². The number of thiazole rings is 1. The van der Waals surface area contributed by atoms with E-state index in [9.17, 15) is 8.42 Å². The van der Waals surface area contributed by atoms with Gasteiger partial charge in [0.1, 0.15) is 16.4 Å². The number of hydrogen-bond donors (Lipinski definition) is 0. The third-order valence-electron chi connectivity index (χ3n) is 5.26. The van der Waals surface area contributed by atoms with Crippen molar-refractivity contribution in [2.75, 3.05) is 20.2 Å². The summed E-state index contributed by atoms with van der Waals surface area (Å²) < 4.78 is 34.7. The lowest BCUT2D eigenvalue weighted by Crippen LogP contribution is -2.37. The fourth-order valence-electron chi connectivity index (χ4n) is 3.79. The molecule has 0 saturated carbocycles. The lowest BCUT2D eigenvalue weighted by Gasteiger charge is -2.30. The van der Waals surface area contributed by atoms with Crippen LogP contribution in [0.1, 0.15) is 36.0 Å². The van der Waals surface area contributed by atoms with E-state index in [-0.39, 0.29) is 0 Å². The van der Waals surface area contributed by atoms with Gasteiger partial charge in [-0.25, -0.2) is 13.4 Å². The smallest absolute Gasteiger partial charge is 0.243 e. The summed E-state index contributed by atoms with van der Waals surface area (Å²) in [5.74, 6) is 1.96. The average molecular weight is 406 g/mol. The van der Waals surface area contributed by atoms with Gasteiger partial charge in [-0.3, -0.25) is 4.40 Å². The van der Waals surface area contributed by atoms with E-state index in [1.54, 1.807) is 47.0 Å². The van der Waals surface area contributed by atoms with Gasteiger partial charge in [-0.15, -0.1) is 11.3 Å². The number of methoxy groups -OCH3 is 1. The molecule has 2 aromatic heterocycles. The number of imidazole rings is 1. The van der Waals surface area contributed by atoms with Crippen molar-refractivity contribution in [1.82, 2.24) is 13.7 Å². The van der Waals surface area contributed by atoms with Crippen LogP contribution in [-0.4, -0.2) is 42.3 Å². The molecule has 3 heterocycles. The summed E-state index contributed by atoms with van der Waals surface area (Å²) in [5, 5.41) is 2.15. The van der Waals surface area contributed by atoms with Crippen LogP contribution in [0.3, 0.4) is 0 Å². The molecule has 0 unspecified atom stereocenters. The van der Waals surface area contributed by atoms with Gasteiger partial charge in [0, 0.05) is 30.1 Å². The first-order valence-electron chi connectivity index (χ1n) is 8.99. The van der Waals surface area contributed by atoms with Crippen LogP contribution < -0.4 is 4.74 Å². The maximum Gasteiger partial charge on any atom is 0.243 e. The summed E-state index contributed by atoms with van der Waals surface area (Å²) in [6, 6.07) is 6.58. The first-order valence-corrected chi connectivity index (χ1v) is 11.3. The predicted octanol–water partition coefficient (Wildman–Crippen LogP) is 3.59. The molecule has 0 bridgehead atoms. The van der Waals surface area contributed by atoms with Gasteiger partial charge < -0.3 is 4.74 Å². The molecule has 4 rings (SSSR count). The molecule has 1 saturated heterocycles. The molecule has 0 N–H and O–H groups in total. The van der Waals surface area contributed by atoms with Crippen LogP contribution in [0.15, 0.2) is 34.5 Å². The standard InChI is InChI=1S/C19H23N3O3S2/c1-13-12-26-19-18(20-14(2)22(13)19)15-8-10-21(11-9-15)27(23,24)17-6-4-16(25-3)5-7-17/h4-7,12,15H,8-11H2,1-3H3. The second kappa shape index (κ2) is 6.92. The summed E-state index contributed by atoms with van der Waals surface area (Å²) in [7, 11) is -1.90. The van der Waals surface area contributed by atoms with Gasteiger partial charge in [-0.05, 0) is 51.0 Å². The monoisotopic (exact) mass is 405 g/mol. The molecule has 1 aliphatic rings. The minimum absolute atomic E-state index is 0.300. The number of piperidine rings is 1. The largest absolute Gasteiger partial charge is 0.497 e. The van der Waals surface area contributed by atoms with Crippen molar-refractivity contribution in [2.24, 2.45) is 0 Å². The number of nitrogens with zero attached hydrogens (tertiary/aromatic N) is 3. The maximum absolute atomic E-state index is 12.9. The molecule has 0 spiro atoms. The van der Waals surface area contributed by atoms with Crippen molar-refractivity contribution in [2.45, 2.75) is 37.5 Å². The topological polar surface area (TPSA) is 63.9 Å². The second-order valence-corrected chi connectivity index (χ2v) is 9.71. The van der Waals surface area contributed by atoms with Gasteiger partial charge in [-0.1, -0.05) is 0 Å². The molecule has 27 heavy (non-hydrogen) atoms. The van der Waals surface area contributed by atoms with Crippen molar-refractivity contribution in [1.29, 1.82) is 0 Å². The quantitative estimate of drug-likeness (QED) is 0.665. The number of aromatic nitrogens is 2. The van der Waals surface area contributed by atoms with Gasteiger partial charge in [0.25, 0.3) is 0 Å². The molecule has 0 aliphatic carbocycles. The summed E-state index contributed by atoms with van der Waals surface area (Å²) >= 11 is 1.72. The Hall–Kier alpha value is -1.90. The Morgan fingerprint density at radius 1 is 1.15 bits per heavy atom. The van der Waals surface area contributed by atoms with E-state index in [1.807, 2.05) is 6.92 Å². The highest BCUT2D eigenvalue weighted by Gasteiger charge is 2.32. The van der Waals surface area contributed by atoms with Gasteiger partial charge >= 0.3 is 0 Å². The van der Waals surface area contributed by atoms with Crippen LogP contribution in [0.4, 0.5) is 0 Å². The summed E-state index contributed by atoms with van der Waals surface area (Å²) in [6.45, 7) is 5.15. The van der Waals surface area contributed by atoms with Crippen LogP contribution >= 0.6 is 11.3 Å². The maximum atomic E-state index is 12.9. The van der Waals surface area contributed by atoms with Crippen molar-refractivity contribution >= 4 is 26.2 Å². The summed E-state index contributed by atoms with van der Waals surface area (Å²) in [5.41, 5.74) is 2.32. The molecule has 3 aromatic rings. The van der Waals surface area contributed by atoms with Gasteiger partial charge in [0.2, 0.25) is 10.0 Å². The Labute approximate surface area is 163 Å². The number of ether oxygens (including phenoxy) is 1. The summed E-state index contributed by atoms with van der Waals surface area (Å²) in [6.07, 6.45) is 1.58. The molecule has 144 valence electrons. The van der Waals surface area contributed by atoms with Gasteiger partial charge in [0.15, 0.2) is 0 Å². The predicted molar refractivity (Wildman–Crippen MR) is 106 cm³/mol. The minimum Gasteiger partial charge on any atom is -0.497 e. The van der Waals surface area contributed by atoms with Crippen molar-refractivity contribution < 1.29 is 13.2 Å². The van der Waals surface area contributed by atoms with E-state index in [0.29, 0.717) is 29.7 Å². The Morgan fingerprint density at radius 3 is 2.44 bits per heavy atom. The van der Waals surface area contributed by atoms with E-state index >= 15 is 0 Å². The lowest BCUT2D eigenvalue weighted by molar-refractivity contribution is 0.318. The molecular weight excluding hydrogens is 382 g/mol. The number of sulfonamides is 1. The fraction of sp³-hybridized carbons (Fsp3) is 0.421. The molecule has 1 aliphatic heterocycles. The van der Waals surface area contributed by atoms with E-state index < -0.39 is 10.0 Å². The SMILES string of the molecule is COc1ccc(S(=O)(=O)N2CCC(c3nc(C)n4c(C)csc34)CC2)cc1. The van der Waals surface area contributed by atoms with E-state index in [1.165, 1.54) is 10.5 Å². The zero-order valence-electron chi connectivity index (χ0n) is 15.7. The number of benzene rings is 1. The van der Waals surface area contributed by atoms with E-state index in [2.05, 4.69) is 16.7 Å². The Balaban J connectivity index is 1.52. The van der Waals surface area contributed by atoms with Crippen molar-refractivity contribution in [3.8, 4) is 5.75 Å². The highest BCUT2D eigenvalue weighted by Crippen LogP contribution is 2.35. The molecule has 0 radical (unpaired) electrons. The molecule has 1 fully saturated rings. The highest BCUT2D eigenvalue weighted by atomic mass is 32.2. The Morgan fingerprint density at radius 2 is 1.81 bits per heavy atom. The number of rotatable bonds is 4. The van der Waals surface area contributed by atoms with Crippen LogP contribution in [0.5, 0.6) is 5.75 Å². The highest BCUT2D eigenvalue weighted by molar-refractivity contribution is 7.89. The zero-order valence-corrected chi connectivity index (χ0v) is 17.3. The third-order valence-corrected chi connectivity index (χ3v) is 8.25. The Bertz CT molecular complexity index is 1060. The molecule has 6 nitrogen and oxygen atoms in total. The Kier molecular flexibility index (Phi) is 4.73. The van der Waals surface area contributed by atoms with Crippen LogP contribution in [0, 0.1) is 13.8 Å². The first kappa shape index (κ1) is 18.5. The van der Waals surface area contributed by atoms with Crippen molar-refractivity contribution in [3.05, 3.63) is 46.9 Å². The molecule has 1 aromatic carbocycles. The molecular formula is C19H23N3O3S2. The average Bonchev–Trinajstić information content (AvgIpc) is 3.23. The summed E-state index contributed by atoms with van der Waals surface area (Å²) in [4.78, 5) is 6.30. The van der Waals surface area contributed by atoms with Crippen LogP contribution in [0.25, 0.3) is 4.83 Å².